The molecule has 0 aromatic rings. The molecule has 2 heterocycles. The van der Waals surface area contributed by atoms with Crippen LogP contribution in [0.5, 0.6) is 0 Å². The van der Waals surface area contributed by atoms with Gasteiger partial charge in [-0.1, -0.05) is 0 Å². The van der Waals surface area contributed by atoms with E-state index in [1.165, 1.54) is 0 Å². The fourth-order valence-electron chi connectivity index (χ4n) is 3.17. The summed E-state index contributed by atoms with van der Waals surface area (Å²) < 4.78 is 8.74. The van der Waals surface area contributed by atoms with Crippen LogP contribution in [0.15, 0.2) is 0 Å². The monoisotopic (exact) mass is 254 g/mol. The van der Waals surface area contributed by atoms with Gasteiger partial charge in [0, 0.05) is 0 Å². The van der Waals surface area contributed by atoms with Crippen LogP contribution in [0.2, 0.25) is 0 Å². The number of carboxylic acid groups (broad SMARTS) is 1. The van der Waals surface area contributed by atoms with E-state index in [1.807, 2.05) is 0 Å². The molecule has 1 N–H and O–H groups in total. The van der Waals surface area contributed by atoms with Crippen molar-refractivity contribution >= 4 is 29.8 Å². The van der Waals surface area contributed by atoms with Gasteiger partial charge in [0.15, 0.2) is 0 Å². The van der Waals surface area contributed by atoms with Crippen LogP contribution < -0.4 is 0 Å². The minimum absolute atomic E-state index is 0.730. The second-order valence-electron chi connectivity index (χ2n) is 4.54. The minimum Gasteiger partial charge on any atom is -0.481 e. The van der Waals surface area contributed by atoms with E-state index in [9.17, 15) is 24.0 Å². The minimum atomic E-state index is -1.77. The summed E-state index contributed by atoms with van der Waals surface area (Å²) in [5, 5.41) is 8.81. The molecule has 3 aliphatic rings. The average molecular weight is 254 g/mol. The molecule has 1 saturated carbocycles. The Bertz CT molecular complexity index is 516. The van der Waals surface area contributed by atoms with Crippen LogP contribution in [0, 0.1) is 23.2 Å². The Labute approximate surface area is 98.8 Å². The quantitative estimate of drug-likeness (QED) is 0.465. The number of carboxylic acids is 1. The molecule has 4 unspecified atom stereocenters. The zero-order chi connectivity index (χ0) is 13.2. The molecule has 8 heteroatoms. The van der Waals surface area contributed by atoms with Crippen LogP contribution >= 0.6 is 0 Å². The third kappa shape index (κ3) is 0.941. The lowest BCUT2D eigenvalue weighted by Gasteiger charge is -2.44. The van der Waals surface area contributed by atoms with Crippen LogP contribution in [0.4, 0.5) is 0 Å². The molecule has 3 rings (SSSR count). The third-order valence-electron chi connectivity index (χ3n) is 3.83. The molecule has 0 radical (unpaired) electrons. The predicted molar refractivity (Wildman–Crippen MR) is 47.4 cm³/mol. The van der Waals surface area contributed by atoms with E-state index in [-0.39, 0.29) is 0 Å². The summed E-state index contributed by atoms with van der Waals surface area (Å²) in [6.45, 7) is 0. The number of hydrogen-bond donors (Lipinski definition) is 1. The van der Waals surface area contributed by atoms with Gasteiger partial charge in [0.1, 0.15) is 5.41 Å². The molecule has 0 aromatic carbocycles. The average Bonchev–Trinajstić information content (AvgIpc) is 2.54. The number of ether oxygens (including phenoxy) is 2. The van der Waals surface area contributed by atoms with E-state index in [4.69, 9.17) is 5.11 Å². The molecule has 18 heavy (non-hydrogen) atoms. The van der Waals surface area contributed by atoms with Crippen LogP contribution in [-0.2, 0) is 33.4 Å². The Hall–Kier alpha value is -2.25. The summed E-state index contributed by atoms with van der Waals surface area (Å²) >= 11 is 0. The molecule has 0 bridgehead atoms. The van der Waals surface area contributed by atoms with Crippen molar-refractivity contribution in [3.63, 3.8) is 0 Å². The molecule has 0 amide bonds. The summed E-state index contributed by atoms with van der Waals surface area (Å²) in [5.41, 5.74) is -1.77. The third-order valence-corrected chi connectivity index (χ3v) is 3.83. The van der Waals surface area contributed by atoms with Crippen molar-refractivity contribution in [3.05, 3.63) is 0 Å². The number of aliphatic carboxylic acids is 1. The maximum Gasteiger partial charge on any atom is 0.322 e. The molecular weight excluding hydrogens is 248 g/mol. The van der Waals surface area contributed by atoms with Crippen LogP contribution in [0.1, 0.15) is 6.42 Å². The normalized spacial score (nSPS) is 40.8. The van der Waals surface area contributed by atoms with E-state index in [1.54, 1.807) is 0 Å². The molecule has 1 aliphatic carbocycles. The second-order valence-corrected chi connectivity index (χ2v) is 4.54. The van der Waals surface area contributed by atoms with E-state index < -0.39 is 59.4 Å². The van der Waals surface area contributed by atoms with Gasteiger partial charge in [0.2, 0.25) is 0 Å². The number of hydrogen-bond acceptors (Lipinski definition) is 7. The number of carbonyl (C=O) groups excluding carboxylic acids is 4. The highest BCUT2D eigenvalue weighted by Gasteiger charge is 2.82. The Balaban J connectivity index is 2.10. The number of cyclic esters (lactones) is 4. The van der Waals surface area contributed by atoms with Crippen molar-refractivity contribution in [2.24, 2.45) is 23.2 Å². The van der Waals surface area contributed by atoms with E-state index >= 15 is 0 Å². The van der Waals surface area contributed by atoms with Crippen molar-refractivity contribution in [2.75, 3.05) is 0 Å². The van der Waals surface area contributed by atoms with E-state index in [0.29, 0.717) is 0 Å². The zero-order valence-electron chi connectivity index (χ0n) is 8.74. The first-order valence-electron chi connectivity index (χ1n) is 5.13. The summed E-state index contributed by atoms with van der Waals surface area (Å²) in [7, 11) is 0. The first-order valence-corrected chi connectivity index (χ1v) is 5.13. The van der Waals surface area contributed by atoms with Gasteiger partial charge in [-0.15, -0.1) is 0 Å². The molecule has 3 fully saturated rings. The van der Waals surface area contributed by atoms with E-state index in [2.05, 4.69) is 9.47 Å². The molecule has 0 aromatic heterocycles. The summed E-state index contributed by atoms with van der Waals surface area (Å²) in [6.07, 6.45) is -0.730. The molecular formula is C10H6O8. The molecule has 0 spiro atoms. The summed E-state index contributed by atoms with van der Waals surface area (Å²) in [6, 6.07) is 0. The lowest BCUT2D eigenvalue weighted by atomic mass is 9.47. The Morgan fingerprint density at radius 1 is 1.06 bits per heavy atom. The van der Waals surface area contributed by atoms with Crippen LogP contribution in [-0.4, -0.2) is 35.0 Å². The summed E-state index contributed by atoms with van der Waals surface area (Å²) in [5.74, 6) is -8.76. The van der Waals surface area contributed by atoms with Gasteiger partial charge < -0.3 is 14.6 Å². The maximum absolute atomic E-state index is 11.7. The van der Waals surface area contributed by atoms with Gasteiger partial charge >= 0.3 is 29.8 Å². The molecule has 2 saturated heterocycles. The molecule has 2 aliphatic heterocycles. The van der Waals surface area contributed by atoms with Crippen molar-refractivity contribution in [1.82, 2.24) is 0 Å². The zero-order valence-corrected chi connectivity index (χ0v) is 8.74. The van der Waals surface area contributed by atoms with Crippen molar-refractivity contribution in [2.45, 2.75) is 6.42 Å². The van der Waals surface area contributed by atoms with Crippen LogP contribution in [0.3, 0.4) is 0 Å². The first-order chi connectivity index (χ1) is 8.39. The fourth-order valence-corrected chi connectivity index (χ4v) is 3.17. The van der Waals surface area contributed by atoms with Crippen LogP contribution in [0.25, 0.3) is 0 Å². The van der Waals surface area contributed by atoms with E-state index in [0.717, 1.165) is 0 Å². The highest BCUT2D eigenvalue weighted by molar-refractivity contribution is 6.13. The first kappa shape index (κ1) is 10.9. The van der Waals surface area contributed by atoms with Crippen molar-refractivity contribution < 1.29 is 38.6 Å². The molecule has 4 atom stereocenters. The topological polar surface area (TPSA) is 124 Å². The highest BCUT2D eigenvalue weighted by atomic mass is 16.6. The maximum atomic E-state index is 11.7. The van der Waals surface area contributed by atoms with Gasteiger partial charge in [0.05, 0.1) is 24.2 Å². The van der Waals surface area contributed by atoms with Crippen molar-refractivity contribution in [3.8, 4) is 0 Å². The Morgan fingerprint density at radius 3 is 2.17 bits per heavy atom. The van der Waals surface area contributed by atoms with Gasteiger partial charge in [-0.05, 0) is 0 Å². The van der Waals surface area contributed by atoms with Gasteiger partial charge in [-0.2, -0.15) is 0 Å². The number of rotatable bonds is 2. The highest BCUT2D eigenvalue weighted by Crippen LogP contribution is 2.65. The fraction of sp³-hybridized carbons (Fsp3) is 0.500. The predicted octanol–water partition coefficient (Wildman–Crippen LogP) is -1.52. The smallest absolute Gasteiger partial charge is 0.322 e. The number of fused-ring (bicyclic) bond motifs is 4. The largest absolute Gasteiger partial charge is 0.481 e. The lowest BCUT2D eigenvalue weighted by Crippen LogP contribution is -2.60. The molecule has 94 valence electrons. The lowest BCUT2D eigenvalue weighted by molar-refractivity contribution is -0.173. The van der Waals surface area contributed by atoms with Gasteiger partial charge in [0.25, 0.3) is 0 Å². The van der Waals surface area contributed by atoms with Crippen molar-refractivity contribution in [1.29, 1.82) is 0 Å². The second kappa shape index (κ2) is 2.95. The Kier molecular flexibility index (Phi) is 1.78. The number of carbonyl (C=O) groups is 5. The number of esters is 4. The van der Waals surface area contributed by atoms with Gasteiger partial charge in [-0.25, -0.2) is 0 Å². The Morgan fingerprint density at radius 2 is 1.61 bits per heavy atom. The summed E-state index contributed by atoms with van der Waals surface area (Å²) in [4.78, 5) is 56.8. The van der Waals surface area contributed by atoms with Gasteiger partial charge in [-0.3, -0.25) is 24.0 Å². The SMILES string of the molecule is O=C(O)CC12C(=O)OC(=O)C1C1C(=O)OC(=O)C12. The molecule has 8 nitrogen and oxygen atoms in total. The standard InChI is InChI=1S/C10H6O8/c11-2(12)1-10-4-3(6(13)17-7(4)14)5(10)8(15)18-9(10)16/h3-5H,1H2,(H,11,12).